The lowest BCUT2D eigenvalue weighted by molar-refractivity contribution is 0.248. The van der Waals surface area contributed by atoms with Gasteiger partial charge in [0.05, 0.1) is 16.8 Å². The summed E-state index contributed by atoms with van der Waals surface area (Å²) in [5.41, 5.74) is 0.520. The molecule has 90 valence electrons. The molecule has 1 aromatic carbocycles. The number of nitrogens with one attached hydrogen (secondary N) is 2. The van der Waals surface area contributed by atoms with Crippen molar-refractivity contribution in [3.8, 4) is 6.07 Å². The maximum atomic E-state index is 11.6. The van der Waals surface area contributed by atoms with E-state index in [9.17, 15) is 4.79 Å². The highest BCUT2D eigenvalue weighted by atomic mass is 35.5. The van der Waals surface area contributed by atoms with Crippen LogP contribution < -0.4 is 10.6 Å². The fourth-order valence-corrected chi connectivity index (χ4v) is 1.39. The number of carbonyl (C=O) groups is 1. The van der Waals surface area contributed by atoms with Gasteiger partial charge in [-0.2, -0.15) is 5.26 Å². The third-order valence-corrected chi connectivity index (χ3v) is 2.54. The van der Waals surface area contributed by atoms with Crippen molar-refractivity contribution < 1.29 is 4.79 Å². The van der Waals surface area contributed by atoms with Gasteiger partial charge in [-0.05, 0) is 18.1 Å². The van der Waals surface area contributed by atoms with Gasteiger partial charge in [0, 0.05) is 0 Å². The smallest absolute Gasteiger partial charge is 0.320 e. The Balaban J connectivity index is 2.62. The Morgan fingerprint density at radius 2 is 2.06 bits per heavy atom. The molecule has 0 saturated heterocycles. The molecule has 0 spiro atoms. The van der Waals surface area contributed by atoms with Crippen LogP contribution in [0.15, 0.2) is 24.3 Å². The highest BCUT2D eigenvalue weighted by Crippen LogP contribution is 2.20. The fraction of sp³-hybridized carbons (Fsp3) is 0.333. The van der Waals surface area contributed by atoms with Crippen LogP contribution >= 0.6 is 11.6 Å². The van der Waals surface area contributed by atoms with Crippen LogP contribution in [-0.4, -0.2) is 12.1 Å². The van der Waals surface area contributed by atoms with Crippen LogP contribution in [-0.2, 0) is 0 Å². The molecule has 1 atom stereocenters. The van der Waals surface area contributed by atoms with Gasteiger partial charge in [-0.3, -0.25) is 0 Å². The zero-order valence-electron chi connectivity index (χ0n) is 9.70. The number of hydrogen-bond donors (Lipinski definition) is 2. The first-order valence-electron chi connectivity index (χ1n) is 5.26. The van der Waals surface area contributed by atoms with E-state index in [1.807, 2.05) is 19.9 Å². The Kier molecular flexibility index (Phi) is 4.80. The molecule has 0 aliphatic rings. The molecule has 0 saturated carbocycles. The van der Waals surface area contributed by atoms with E-state index in [0.717, 1.165) is 0 Å². The number of amides is 2. The normalized spacial score (nSPS) is 11.7. The predicted octanol–water partition coefficient (Wildman–Crippen LogP) is 3.01. The summed E-state index contributed by atoms with van der Waals surface area (Å²) < 4.78 is 0. The van der Waals surface area contributed by atoms with Crippen molar-refractivity contribution >= 4 is 23.3 Å². The van der Waals surface area contributed by atoms with Crippen molar-refractivity contribution in [1.29, 1.82) is 5.26 Å². The molecule has 0 aromatic heterocycles. The van der Waals surface area contributed by atoms with Gasteiger partial charge in [0.1, 0.15) is 6.04 Å². The van der Waals surface area contributed by atoms with Gasteiger partial charge >= 0.3 is 6.03 Å². The number of urea groups is 1. The Bertz CT molecular complexity index is 440. The molecule has 2 amide bonds. The van der Waals surface area contributed by atoms with E-state index >= 15 is 0 Å². The summed E-state index contributed by atoms with van der Waals surface area (Å²) in [6.07, 6.45) is 0. The molecule has 17 heavy (non-hydrogen) atoms. The third-order valence-electron chi connectivity index (χ3n) is 2.21. The SMILES string of the molecule is CC(C)C(C#N)NC(=O)Nc1ccccc1Cl. The summed E-state index contributed by atoms with van der Waals surface area (Å²) in [6.45, 7) is 3.73. The summed E-state index contributed by atoms with van der Waals surface area (Å²) in [6, 6.07) is 8.00. The summed E-state index contributed by atoms with van der Waals surface area (Å²) in [5.74, 6) is 0.0528. The first-order chi connectivity index (χ1) is 8.04. The number of carbonyl (C=O) groups excluding carboxylic acids is 1. The molecule has 1 aromatic rings. The average molecular weight is 252 g/mol. The molecule has 0 aliphatic heterocycles. The topological polar surface area (TPSA) is 64.9 Å². The van der Waals surface area contributed by atoms with Gasteiger partial charge in [-0.1, -0.05) is 37.6 Å². The number of hydrogen-bond acceptors (Lipinski definition) is 2. The van der Waals surface area contributed by atoms with Crippen molar-refractivity contribution in [2.75, 3.05) is 5.32 Å². The lowest BCUT2D eigenvalue weighted by Gasteiger charge is -2.15. The fourth-order valence-electron chi connectivity index (χ4n) is 1.21. The zero-order chi connectivity index (χ0) is 12.8. The van der Waals surface area contributed by atoms with E-state index in [2.05, 4.69) is 10.6 Å². The van der Waals surface area contributed by atoms with Crippen LogP contribution in [0.5, 0.6) is 0 Å². The molecule has 0 heterocycles. The molecular weight excluding hydrogens is 238 g/mol. The van der Waals surface area contributed by atoms with Crippen LogP contribution in [0.25, 0.3) is 0 Å². The van der Waals surface area contributed by atoms with Crippen molar-refractivity contribution in [2.24, 2.45) is 5.92 Å². The Morgan fingerprint density at radius 3 is 2.59 bits per heavy atom. The second kappa shape index (κ2) is 6.12. The molecule has 0 radical (unpaired) electrons. The first kappa shape index (κ1) is 13.3. The number of nitriles is 1. The largest absolute Gasteiger partial charge is 0.322 e. The Hall–Kier alpha value is -1.73. The maximum Gasteiger partial charge on any atom is 0.320 e. The lowest BCUT2D eigenvalue weighted by Crippen LogP contribution is -2.40. The monoisotopic (exact) mass is 251 g/mol. The molecule has 0 fully saturated rings. The first-order valence-corrected chi connectivity index (χ1v) is 5.64. The van der Waals surface area contributed by atoms with E-state index in [-0.39, 0.29) is 5.92 Å². The quantitative estimate of drug-likeness (QED) is 0.867. The van der Waals surface area contributed by atoms with E-state index in [1.54, 1.807) is 24.3 Å². The molecule has 5 heteroatoms. The Labute approximate surface area is 106 Å². The molecule has 4 nitrogen and oxygen atoms in total. The van der Waals surface area contributed by atoms with E-state index in [1.165, 1.54) is 0 Å². The molecule has 2 N–H and O–H groups in total. The molecular formula is C12H14ClN3O. The standard InChI is InChI=1S/C12H14ClN3O/c1-8(2)11(7-14)16-12(17)15-10-6-4-3-5-9(10)13/h3-6,8,11H,1-2H3,(H2,15,16,17). The molecule has 1 rings (SSSR count). The van der Waals surface area contributed by atoms with Crippen LogP contribution in [0, 0.1) is 17.2 Å². The maximum absolute atomic E-state index is 11.6. The highest BCUT2D eigenvalue weighted by Gasteiger charge is 2.15. The van der Waals surface area contributed by atoms with E-state index in [0.29, 0.717) is 10.7 Å². The van der Waals surface area contributed by atoms with Crippen LogP contribution in [0.4, 0.5) is 10.5 Å². The highest BCUT2D eigenvalue weighted by molar-refractivity contribution is 6.33. The minimum absolute atomic E-state index is 0.0528. The van der Waals surface area contributed by atoms with Gasteiger partial charge in [0.15, 0.2) is 0 Å². The van der Waals surface area contributed by atoms with E-state index in [4.69, 9.17) is 16.9 Å². The van der Waals surface area contributed by atoms with Crippen LogP contribution in [0.1, 0.15) is 13.8 Å². The molecule has 0 aliphatic carbocycles. The number of nitrogens with zero attached hydrogens (tertiary/aromatic N) is 1. The second-order valence-electron chi connectivity index (χ2n) is 3.93. The average Bonchev–Trinajstić information content (AvgIpc) is 2.28. The van der Waals surface area contributed by atoms with Gasteiger partial charge in [0.25, 0.3) is 0 Å². The van der Waals surface area contributed by atoms with Gasteiger partial charge in [-0.25, -0.2) is 4.79 Å². The minimum atomic E-state index is -0.516. The minimum Gasteiger partial charge on any atom is -0.322 e. The van der Waals surface area contributed by atoms with Crippen LogP contribution in [0.2, 0.25) is 5.02 Å². The number of para-hydroxylation sites is 1. The van der Waals surface area contributed by atoms with Gasteiger partial charge in [0.2, 0.25) is 0 Å². The second-order valence-corrected chi connectivity index (χ2v) is 4.34. The number of anilines is 1. The summed E-state index contributed by atoms with van der Waals surface area (Å²) in [4.78, 5) is 11.6. The van der Waals surface area contributed by atoms with Crippen molar-refractivity contribution in [1.82, 2.24) is 5.32 Å². The van der Waals surface area contributed by atoms with Crippen molar-refractivity contribution in [3.05, 3.63) is 29.3 Å². The molecule has 0 bridgehead atoms. The van der Waals surface area contributed by atoms with E-state index < -0.39 is 12.1 Å². The zero-order valence-corrected chi connectivity index (χ0v) is 10.5. The number of rotatable bonds is 3. The van der Waals surface area contributed by atoms with Crippen molar-refractivity contribution in [2.45, 2.75) is 19.9 Å². The summed E-state index contributed by atoms with van der Waals surface area (Å²) in [5, 5.41) is 14.5. The van der Waals surface area contributed by atoms with Crippen molar-refractivity contribution in [3.63, 3.8) is 0 Å². The predicted molar refractivity (Wildman–Crippen MR) is 67.8 cm³/mol. The summed E-state index contributed by atoms with van der Waals surface area (Å²) >= 11 is 5.89. The van der Waals surface area contributed by atoms with Gasteiger partial charge < -0.3 is 10.6 Å². The lowest BCUT2D eigenvalue weighted by atomic mass is 10.1. The number of benzene rings is 1. The van der Waals surface area contributed by atoms with Gasteiger partial charge in [-0.15, -0.1) is 0 Å². The van der Waals surface area contributed by atoms with Crippen LogP contribution in [0.3, 0.4) is 0 Å². The molecule has 1 unspecified atom stereocenters. The number of halogens is 1. The Morgan fingerprint density at radius 1 is 1.41 bits per heavy atom. The summed E-state index contributed by atoms with van der Waals surface area (Å²) in [7, 11) is 0. The third kappa shape index (κ3) is 3.97.